The fourth-order valence-electron chi connectivity index (χ4n) is 5.16. The molecule has 1 saturated heterocycles. The van der Waals surface area contributed by atoms with Gasteiger partial charge in [0.2, 0.25) is 5.95 Å². The van der Waals surface area contributed by atoms with Crippen LogP contribution in [0.25, 0.3) is 27.9 Å². The standard InChI is InChI=1S/C22H20FN5O.C6H13N/c1-4-15-9-12(2)16(20(23)27-15)19-17(14-7-5-13(10-29)6-8-14)18-21(24)25-11-26-22(18)28(19)3;1-6-4-3-5-7(6)2/h1,7,9-11,13H,5-6,8H2,2-3H3,(H2,24,25,26);6H,3-5H2,1-2H3/t13-;6-/m11/s1. The zero-order valence-electron chi connectivity index (χ0n) is 21.4. The number of halogens is 1. The molecule has 3 aromatic rings. The summed E-state index contributed by atoms with van der Waals surface area (Å²) in [7, 11) is 4.01. The van der Waals surface area contributed by atoms with E-state index in [0.717, 1.165) is 29.9 Å². The first-order valence-corrected chi connectivity index (χ1v) is 12.3. The van der Waals surface area contributed by atoms with Gasteiger partial charge >= 0.3 is 0 Å². The number of nitrogen functional groups attached to an aromatic ring is 1. The molecule has 0 aromatic carbocycles. The fraction of sp³-hybridized carbons (Fsp3) is 0.429. The highest BCUT2D eigenvalue weighted by Crippen LogP contribution is 2.43. The molecule has 1 fully saturated rings. The molecular formula is C28H33FN6O. The summed E-state index contributed by atoms with van der Waals surface area (Å²) in [6.07, 6.45) is 14.7. The fourth-order valence-corrected chi connectivity index (χ4v) is 5.16. The number of nitrogens with two attached hydrogens (primary N) is 1. The Balaban J connectivity index is 0.000000375. The molecule has 2 N–H and O–H groups in total. The molecule has 3 aromatic heterocycles. The average Bonchev–Trinajstić information content (AvgIpc) is 3.39. The second-order valence-corrected chi connectivity index (χ2v) is 9.75. The monoisotopic (exact) mass is 488 g/mol. The Morgan fingerprint density at radius 3 is 2.56 bits per heavy atom. The number of carbonyl (C=O) groups excluding carboxylic acids is 1. The number of hydrogen-bond donors (Lipinski definition) is 1. The van der Waals surface area contributed by atoms with Gasteiger partial charge in [-0.2, -0.15) is 4.39 Å². The molecule has 0 spiro atoms. The number of terminal acetylenes is 1. The zero-order chi connectivity index (χ0) is 26.0. The smallest absolute Gasteiger partial charge is 0.223 e. The minimum atomic E-state index is -0.640. The number of anilines is 1. The third-order valence-corrected chi connectivity index (χ3v) is 7.40. The normalized spacial score (nSPS) is 19.9. The van der Waals surface area contributed by atoms with E-state index < -0.39 is 5.95 Å². The zero-order valence-corrected chi connectivity index (χ0v) is 21.4. The van der Waals surface area contributed by atoms with E-state index in [1.54, 1.807) is 13.0 Å². The first-order valence-electron chi connectivity index (χ1n) is 12.3. The van der Waals surface area contributed by atoms with E-state index >= 15 is 4.39 Å². The molecule has 0 amide bonds. The second-order valence-electron chi connectivity index (χ2n) is 9.75. The number of aldehydes is 1. The number of likely N-dealkylation sites (tertiary alicyclic amines) is 1. The molecule has 0 saturated carbocycles. The molecule has 36 heavy (non-hydrogen) atoms. The lowest BCUT2D eigenvalue weighted by Crippen LogP contribution is -2.20. The number of hydrogen-bond acceptors (Lipinski definition) is 6. The number of aromatic nitrogens is 4. The largest absolute Gasteiger partial charge is 0.383 e. The number of pyridine rings is 1. The van der Waals surface area contributed by atoms with Gasteiger partial charge in [-0.25, -0.2) is 15.0 Å². The number of aryl methyl sites for hydroxylation is 2. The molecule has 1 aliphatic carbocycles. The Bertz CT molecular complexity index is 1340. The number of carbonyl (C=O) groups is 1. The van der Waals surface area contributed by atoms with Crippen molar-refractivity contribution in [3.63, 3.8) is 0 Å². The lowest BCUT2D eigenvalue weighted by molar-refractivity contribution is -0.111. The third kappa shape index (κ3) is 4.76. The van der Waals surface area contributed by atoms with Gasteiger partial charge in [0.1, 0.15) is 29.8 Å². The molecule has 0 bridgehead atoms. The second kappa shape index (κ2) is 10.6. The molecule has 188 valence electrons. The van der Waals surface area contributed by atoms with Crippen LogP contribution < -0.4 is 5.73 Å². The van der Waals surface area contributed by atoms with Crippen molar-refractivity contribution in [3.05, 3.63) is 41.2 Å². The van der Waals surface area contributed by atoms with Gasteiger partial charge in [-0.05, 0) is 76.7 Å². The van der Waals surface area contributed by atoms with Crippen LogP contribution in [0.1, 0.15) is 55.8 Å². The molecule has 2 atom stereocenters. The van der Waals surface area contributed by atoms with Gasteiger partial charge in [-0.3, -0.25) is 0 Å². The molecular weight excluding hydrogens is 455 g/mol. The van der Waals surface area contributed by atoms with Crippen LogP contribution in [0, 0.1) is 31.1 Å². The Kier molecular flexibility index (Phi) is 7.51. The van der Waals surface area contributed by atoms with E-state index in [2.05, 4.69) is 39.7 Å². The molecule has 0 radical (unpaired) electrons. The first-order chi connectivity index (χ1) is 17.3. The Hall–Kier alpha value is -3.57. The van der Waals surface area contributed by atoms with E-state index in [9.17, 15) is 4.79 Å². The van der Waals surface area contributed by atoms with Gasteiger partial charge in [0, 0.05) is 24.6 Å². The van der Waals surface area contributed by atoms with Crippen molar-refractivity contribution < 1.29 is 9.18 Å². The van der Waals surface area contributed by atoms with E-state index in [1.807, 2.05) is 17.7 Å². The Morgan fingerprint density at radius 2 is 2.03 bits per heavy atom. The van der Waals surface area contributed by atoms with Crippen LogP contribution in [0.3, 0.4) is 0 Å². The molecule has 1 aliphatic heterocycles. The Morgan fingerprint density at radius 1 is 1.25 bits per heavy atom. The van der Waals surface area contributed by atoms with Crippen LogP contribution in [-0.2, 0) is 11.8 Å². The minimum absolute atomic E-state index is 0.000763. The van der Waals surface area contributed by atoms with Crippen LogP contribution in [-0.4, -0.2) is 50.3 Å². The summed E-state index contributed by atoms with van der Waals surface area (Å²) in [4.78, 5) is 26.0. The van der Waals surface area contributed by atoms with Crippen LogP contribution in [0.5, 0.6) is 0 Å². The van der Waals surface area contributed by atoms with E-state index in [0.29, 0.717) is 46.5 Å². The third-order valence-electron chi connectivity index (χ3n) is 7.40. The molecule has 0 unspecified atom stereocenters. The van der Waals surface area contributed by atoms with Crippen molar-refractivity contribution >= 4 is 28.7 Å². The molecule has 4 heterocycles. The predicted molar refractivity (Wildman–Crippen MR) is 141 cm³/mol. The van der Waals surface area contributed by atoms with Gasteiger partial charge < -0.3 is 20.0 Å². The van der Waals surface area contributed by atoms with Gasteiger partial charge in [0.25, 0.3) is 0 Å². The number of nitrogens with zero attached hydrogens (tertiary/aromatic N) is 5. The summed E-state index contributed by atoms with van der Waals surface area (Å²) < 4.78 is 16.9. The van der Waals surface area contributed by atoms with Gasteiger partial charge in [-0.15, -0.1) is 6.42 Å². The summed E-state index contributed by atoms with van der Waals surface area (Å²) in [5, 5.41) is 0.681. The maximum atomic E-state index is 15.1. The summed E-state index contributed by atoms with van der Waals surface area (Å²) in [5.41, 5.74) is 10.5. The van der Waals surface area contributed by atoms with Crippen LogP contribution in [0.4, 0.5) is 10.2 Å². The summed E-state index contributed by atoms with van der Waals surface area (Å²) in [6, 6.07) is 2.53. The van der Waals surface area contributed by atoms with Gasteiger partial charge in [-0.1, -0.05) is 12.0 Å². The molecule has 5 rings (SSSR count). The lowest BCUT2D eigenvalue weighted by Gasteiger charge is -2.19. The SMILES string of the molecule is C#Cc1cc(C)c(-c2c(C3=CC[C@@H](C=O)CC3)c3c(N)ncnc3n2C)c(F)n1.C[C@@H]1CCCN1C. The quantitative estimate of drug-likeness (QED) is 0.331. The van der Waals surface area contributed by atoms with E-state index in [-0.39, 0.29) is 11.6 Å². The maximum Gasteiger partial charge on any atom is 0.223 e. The molecule has 8 heteroatoms. The number of allylic oxidation sites excluding steroid dienone is 2. The van der Waals surface area contributed by atoms with Crippen molar-refractivity contribution in [1.82, 2.24) is 24.4 Å². The highest BCUT2D eigenvalue weighted by molar-refractivity contribution is 6.04. The number of fused-ring (bicyclic) bond motifs is 1. The van der Waals surface area contributed by atoms with E-state index in [4.69, 9.17) is 12.2 Å². The van der Waals surface area contributed by atoms with E-state index in [1.165, 1.54) is 25.7 Å². The van der Waals surface area contributed by atoms with Gasteiger partial charge in [0.05, 0.1) is 16.6 Å². The summed E-state index contributed by atoms with van der Waals surface area (Å²) in [6.45, 7) is 5.39. The molecule has 7 nitrogen and oxygen atoms in total. The van der Waals surface area contributed by atoms with Crippen molar-refractivity contribution in [2.24, 2.45) is 13.0 Å². The topological polar surface area (TPSA) is 89.9 Å². The predicted octanol–water partition coefficient (Wildman–Crippen LogP) is 4.52. The highest BCUT2D eigenvalue weighted by atomic mass is 19.1. The molecule has 2 aliphatic rings. The minimum Gasteiger partial charge on any atom is -0.383 e. The number of rotatable bonds is 3. The summed E-state index contributed by atoms with van der Waals surface area (Å²) >= 11 is 0. The summed E-state index contributed by atoms with van der Waals surface area (Å²) in [5.74, 6) is 2.07. The highest BCUT2D eigenvalue weighted by Gasteiger charge is 2.28. The van der Waals surface area contributed by atoms with Crippen molar-refractivity contribution in [2.75, 3.05) is 19.3 Å². The van der Waals surface area contributed by atoms with Gasteiger partial charge in [0.15, 0.2) is 0 Å². The average molecular weight is 489 g/mol. The van der Waals surface area contributed by atoms with Crippen LogP contribution in [0.2, 0.25) is 0 Å². The van der Waals surface area contributed by atoms with Crippen molar-refractivity contribution in [2.45, 2.75) is 52.0 Å². The van der Waals surface area contributed by atoms with Crippen LogP contribution >= 0.6 is 0 Å². The lowest BCUT2D eigenvalue weighted by atomic mass is 9.85. The van der Waals surface area contributed by atoms with Crippen molar-refractivity contribution in [1.29, 1.82) is 0 Å². The van der Waals surface area contributed by atoms with Crippen LogP contribution in [0.15, 0.2) is 18.5 Å². The van der Waals surface area contributed by atoms with Crippen molar-refractivity contribution in [3.8, 4) is 23.6 Å². The Labute approximate surface area is 211 Å². The maximum absolute atomic E-state index is 15.1. The first kappa shape index (κ1) is 25.5.